The van der Waals surface area contributed by atoms with Gasteiger partial charge in [-0.15, -0.1) is 10.2 Å². The van der Waals surface area contributed by atoms with Crippen LogP contribution in [0.25, 0.3) is 16.6 Å². The van der Waals surface area contributed by atoms with Gasteiger partial charge in [-0.3, -0.25) is 4.40 Å². The summed E-state index contributed by atoms with van der Waals surface area (Å²) in [6.45, 7) is 0. The molecule has 114 valence electrons. The molecule has 4 heteroatoms. The van der Waals surface area contributed by atoms with E-state index < -0.39 is 0 Å². The minimum atomic E-state index is 0.911. The Kier molecular flexibility index (Phi) is 3.99. The van der Waals surface area contributed by atoms with Gasteiger partial charge in [0.2, 0.25) is 0 Å². The number of benzene rings is 2. The van der Waals surface area contributed by atoms with Crippen molar-refractivity contribution >= 4 is 28.3 Å². The van der Waals surface area contributed by atoms with Gasteiger partial charge in [-0.25, -0.2) is 0 Å². The van der Waals surface area contributed by atoms with Gasteiger partial charge in [-0.1, -0.05) is 60.3 Å². The lowest BCUT2D eigenvalue weighted by Gasteiger charge is -2.04. The van der Waals surface area contributed by atoms with Gasteiger partial charge >= 0.3 is 0 Å². The van der Waals surface area contributed by atoms with Crippen LogP contribution in [-0.4, -0.2) is 20.4 Å². The van der Waals surface area contributed by atoms with Crippen LogP contribution < -0.4 is 0 Å². The number of pyridine rings is 1. The van der Waals surface area contributed by atoms with Crippen molar-refractivity contribution < 1.29 is 0 Å². The molecule has 4 aromatic rings. The number of fused-ring (bicyclic) bond motifs is 3. The van der Waals surface area contributed by atoms with Gasteiger partial charge in [0.25, 0.3) is 0 Å². The van der Waals surface area contributed by atoms with Gasteiger partial charge in [0, 0.05) is 5.75 Å². The molecule has 0 atom stereocenters. The molecular weight excluding hydrogens is 302 g/mol. The fourth-order valence-corrected chi connectivity index (χ4v) is 3.68. The van der Waals surface area contributed by atoms with Crippen LogP contribution in [0.2, 0.25) is 0 Å². The van der Waals surface area contributed by atoms with Crippen LogP contribution in [-0.2, 0) is 6.42 Å². The van der Waals surface area contributed by atoms with Crippen molar-refractivity contribution in [1.82, 2.24) is 14.6 Å². The third-order valence-corrected chi connectivity index (χ3v) is 4.95. The summed E-state index contributed by atoms with van der Waals surface area (Å²) < 4.78 is 2.16. The molecule has 0 amide bonds. The highest BCUT2D eigenvalue weighted by atomic mass is 32.2. The number of aromatic nitrogens is 3. The highest BCUT2D eigenvalue weighted by Crippen LogP contribution is 2.23. The predicted octanol–water partition coefficient (Wildman–Crippen LogP) is 4.61. The molecule has 0 N–H and O–H groups in total. The second-order valence-electron chi connectivity index (χ2n) is 5.51. The number of thioether (sulfide) groups is 1. The van der Waals surface area contributed by atoms with Crippen LogP contribution in [0.1, 0.15) is 12.0 Å². The molecule has 0 radical (unpaired) electrons. The Morgan fingerprint density at radius 1 is 0.826 bits per heavy atom. The fourth-order valence-electron chi connectivity index (χ4n) is 2.79. The third kappa shape index (κ3) is 2.94. The highest BCUT2D eigenvalue weighted by molar-refractivity contribution is 7.99. The molecule has 0 saturated carbocycles. The minimum absolute atomic E-state index is 0.911. The third-order valence-electron chi connectivity index (χ3n) is 3.93. The van der Waals surface area contributed by atoms with Crippen molar-refractivity contribution in [1.29, 1.82) is 0 Å². The van der Waals surface area contributed by atoms with E-state index in [-0.39, 0.29) is 0 Å². The van der Waals surface area contributed by atoms with Gasteiger partial charge < -0.3 is 0 Å². The normalized spacial score (nSPS) is 11.3. The van der Waals surface area contributed by atoms with Crippen LogP contribution in [0.4, 0.5) is 0 Å². The minimum Gasteiger partial charge on any atom is -0.270 e. The lowest BCUT2D eigenvalue weighted by Crippen LogP contribution is -1.92. The summed E-state index contributed by atoms with van der Waals surface area (Å²) in [5, 5.41) is 10.9. The van der Waals surface area contributed by atoms with Crippen molar-refractivity contribution in [2.24, 2.45) is 0 Å². The molecule has 2 aromatic heterocycles. The van der Waals surface area contributed by atoms with Crippen molar-refractivity contribution in [3.05, 3.63) is 72.3 Å². The number of nitrogens with zero attached hydrogens (tertiary/aromatic N) is 3. The summed E-state index contributed by atoms with van der Waals surface area (Å²) in [6, 6.07) is 23.1. The zero-order valence-corrected chi connectivity index (χ0v) is 13.5. The van der Waals surface area contributed by atoms with Crippen LogP contribution in [0.15, 0.2) is 71.9 Å². The van der Waals surface area contributed by atoms with E-state index in [4.69, 9.17) is 0 Å². The average molecular weight is 319 g/mol. The summed E-state index contributed by atoms with van der Waals surface area (Å²) in [5.74, 6) is 1.04. The van der Waals surface area contributed by atoms with Crippen molar-refractivity contribution in [3.63, 3.8) is 0 Å². The number of rotatable bonds is 5. The molecule has 0 fully saturated rings. The van der Waals surface area contributed by atoms with E-state index >= 15 is 0 Å². The van der Waals surface area contributed by atoms with E-state index in [1.807, 2.05) is 6.07 Å². The van der Waals surface area contributed by atoms with E-state index in [0.717, 1.165) is 29.4 Å². The van der Waals surface area contributed by atoms with Crippen LogP contribution in [0.5, 0.6) is 0 Å². The van der Waals surface area contributed by atoms with Gasteiger partial charge in [-0.05, 0) is 42.0 Å². The van der Waals surface area contributed by atoms with Crippen LogP contribution in [0.3, 0.4) is 0 Å². The van der Waals surface area contributed by atoms with Crippen molar-refractivity contribution in [3.8, 4) is 0 Å². The Labute approximate surface area is 139 Å². The molecular formula is C19H17N3S. The maximum Gasteiger partial charge on any atom is 0.196 e. The molecule has 3 nitrogen and oxygen atoms in total. The largest absolute Gasteiger partial charge is 0.270 e. The maximum atomic E-state index is 4.37. The van der Waals surface area contributed by atoms with E-state index in [1.165, 1.54) is 16.5 Å². The molecule has 0 aliphatic rings. The Morgan fingerprint density at radius 2 is 1.65 bits per heavy atom. The molecule has 0 unspecified atom stereocenters. The van der Waals surface area contributed by atoms with Gasteiger partial charge in [0.15, 0.2) is 10.8 Å². The van der Waals surface area contributed by atoms with Crippen molar-refractivity contribution in [2.45, 2.75) is 18.0 Å². The Balaban J connectivity index is 1.52. The van der Waals surface area contributed by atoms with E-state index in [1.54, 1.807) is 11.8 Å². The molecule has 23 heavy (non-hydrogen) atoms. The molecule has 4 rings (SSSR count). The maximum absolute atomic E-state index is 4.37. The standard InChI is InChI=1S/C19H17N3S/c1-2-7-15(8-3-1)9-6-14-23-19-21-20-18-13-12-16-10-4-5-11-17(16)22(18)19/h1-5,7-8,10-13H,6,9,14H2. The zero-order valence-electron chi connectivity index (χ0n) is 12.7. The summed E-state index contributed by atoms with van der Waals surface area (Å²) in [5.41, 5.74) is 3.47. The quantitative estimate of drug-likeness (QED) is 0.397. The fraction of sp³-hybridized carbons (Fsp3) is 0.158. The summed E-state index contributed by atoms with van der Waals surface area (Å²) >= 11 is 1.78. The molecule has 0 aliphatic carbocycles. The van der Waals surface area contributed by atoms with E-state index in [2.05, 4.69) is 75.3 Å². The molecule has 0 spiro atoms. The predicted molar refractivity (Wildman–Crippen MR) is 96.0 cm³/mol. The molecule has 2 heterocycles. The lowest BCUT2D eigenvalue weighted by atomic mass is 10.1. The second-order valence-corrected chi connectivity index (χ2v) is 6.57. The van der Waals surface area contributed by atoms with Gasteiger partial charge in [0.05, 0.1) is 5.52 Å². The van der Waals surface area contributed by atoms with Crippen LogP contribution in [0, 0.1) is 0 Å². The first-order chi connectivity index (χ1) is 11.4. The SMILES string of the molecule is c1ccc(CCCSc2nnc3ccc4ccccc4n23)cc1. The number of aryl methyl sites for hydroxylation is 1. The van der Waals surface area contributed by atoms with E-state index in [0.29, 0.717) is 0 Å². The summed E-state index contributed by atoms with van der Waals surface area (Å²) in [6.07, 6.45) is 2.24. The van der Waals surface area contributed by atoms with Gasteiger partial charge in [-0.2, -0.15) is 0 Å². The van der Waals surface area contributed by atoms with Crippen LogP contribution >= 0.6 is 11.8 Å². The monoisotopic (exact) mass is 319 g/mol. The summed E-state index contributed by atoms with van der Waals surface area (Å²) in [4.78, 5) is 0. The Bertz CT molecular complexity index is 931. The Morgan fingerprint density at radius 3 is 2.57 bits per heavy atom. The molecule has 0 aliphatic heterocycles. The second kappa shape index (κ2) is 6.42. The number of para-hydroxylation sites is 1. The smallest absolute Gasteiger partial charge is 0.196 e. The first kappa shape index (κ1) is 14.3. The van der Waals surface area contributed by atoms with Crippen molar-refractivity contribution in [2.75, 3.05) is 5.75 Å². The number of hydrogen-bond acceptors (Lipinski definition) is 3. The molecule has 0 saturated heterocycles. The topological polar surface area (TPSA) is 30.2 Å². The molecule has 2 aromatic carbocycles. The first-order valence-electron chi connectivity index (χ1n) is 7.81. The number of hydrogen-bond donors (Lipinski definition) is 0. The molecule has 0 bridgehead atoms. The van der Waals surface area contributed by atoms with E-state index in [9.17, 15) is 0 Å². The lowest BCUT2D eigenvalue weighted by molar-refractivity contribution is 0.909. The zero-order chi connectivity index (χ0) is 15.5. The van der Waals surface area contributed by atoms with Gasteiger partial charge in [0.1, 0.15) is 0 Å². The average Bonchev–Trinajstić information content (AvgIpc) is 3.03. The summed E-state index contributed by atoms with van der Waals surface area (Å²) in [7, 11) is 0. The Hall–Kier alpha value is -2.33. The highest BCUT2D eigenvalue weighted by Gasteiger charge is 2.08. The first-order valence-corrected chi connectivity index (χ1v) is 8.80.